The Morgan fingerprint density at radius 1 is 1.05 bits per heavy atom. The maximum Gasteiger partial charge on any atom is 0.128 e. The minimum absolute atomic E-state index is 0.656. The second-order valence-electron chi connectivity index (χ2n) is 4.90. The van der Waals surface area contributed by atoms with E-state index in [4.69, 9.17) is 4.74 Å². The predicted octanol–water partition coefficient (Wildman–Crippen LogP) is 2.91. The molecule has 4 nitrogen and oxygen atoms in total. The van der Waals surface area contributed by atoms with Crippen LogP contribution >= 0.6 is 0 Å². The number of anilines is 2. The summed E-state index contributed by atoms with van der Waals surface area (Å²) in [7, 11) is 5.67. The molecular weight excluding hydrogens is 250 g/mol. The van der Waals surface area contributed by atoms with Crippen LogP contribution in [0.3, 0.4) is 0 Å². The molecule has 20 heavy (non-hydrogen) atoms. The molecule has 4 heteroatoms. The van der Waals surface area contributed by atoms with E-state index in [-0.39, 0.29) is 0 Å². The van der Waals surface area contributed by atoms with Crippen LogP contribution in [-0.4, -0.2) is 26.2 Å². The standard InChI is InChI=1S/C16H21N3O/c1-19(2)16-9-8-15(11-18-16)17-10-13-4-6-14(7-5-13)12-20-3/h4-9,11,17H,10,12H2,1-3H3. The number of aromatic nitrogens is 1. The first kappa shape index (κ1) is 14.3. The maximum absolute atomic E-state index is 5.10. The van der Waals surface area contributed by atoms with Crippen molar-refractivity contribution in [2.75, 3.05) is 31.4 Å². The van der Waals surface area contributed by atoms with Gasteiger partial charge in [-0.25, -0.2) is 4.98 Å². The Balaban J connectivity index is 1.91. The molecule has 0 aliphatic carbocycles. The summed E-state index contributed by atoms with van der Waals surface area (Å²) >= 11 is 0. The highest BCUT2D eigenvalue weighted by Crippen LogP contribution is 2.13. The van der Waals surface area contributed by atoms with Crippen molar-refractivity contribution < 1.29 is 4.74 Å². The van der Waals surface area contributed by atoms with Crippen LogP contribution in [0.15, 0.2) is 42.6 Å². The number of hydrogen-bond donors (Lipinski definition) is 1. The van der Waals surface area contributed by atoms with Gasteiger partial charge in [-0.05, 0) is 23.3 Å². The lowest BCUT2D eigenvalue weighted by Gasteiger charge is -2.12. The van der Waals surface area contributed by atoms with Gasteiger partial charge in [0.15, 0.2) is 0 Å². The second-order valence-corrected chi connectivity index (χ2v) is 4.90. The lowest BCUT2D eigenvalue weighted by Crippen LogP contribution is -2.10. The van der Waals surface area contributed by atoms with Gasteiger partial charge in [-0.1, -0.05) is 24.3 Å². The Kier molecular flexibility index (Phi) is 4.96. The largest absolute Gasteiger partial charge is 0.380 e. The molecule has 0 aliphatic rings. The van der Waals surface area contributed by atoms with Crippen LogP contribution in [0.5, 0.6) is 0 Å². The maximum atomic E-state index is 5.10. The van der Waals surface area contributed by atoms with Crippen molar-refractivity contribution >= 4 is 11.5 Å². The van der Waals surface area contributed by atoms with Crippen molar-refractivity contribution in [1.29, 1.82) is 0 Å². The summed E-state index contributed by atoms with van der Waals surface area (Å²) in [6, 6.07) is 12.5. The summed E-state index contributed by atoms with van der Waals surface area (Å²) < 4.78 is 5.10. The third-order valence-electron chi connectivity index (χ3n) is 3.04. The fraction of sp³-hybridized carbons (Fsp3) is 0.312. The SMILES string of the molecule is COCc1ccc(CNc2ccc(N(C)C)nc2)cc1. The molecule has 0 amide bonds. The monoisotopic (exact) mass is 271 g/mol. The van der Waals surface area contributed by atoms with Crippen molar-refractivity contribution in [2.45, 2.75) is 13.2 Å². The zero-order valence-electron chi connectivity index (χ0n) is 12.3. The van der Waals surface area contributed by atoms with Gasteiger partial charge < -0.3 is 15.0 Å². The Morgan fingerprint density at radius 3 is 2.30 bits per heavy atom. The van der Waals surface area contributed by atoms with Gasteiger partial charge in [0.05, 0.1) is 18.5 Å². The molecule has 1 N–H and O–H groups in total. The topological polar surface area (TPSA) is 37.4 Å². The summed E-state index contributed by atoms with van der Waals surface area (Å²) in [6.45, 7) is 1.44. The van der Waals surface area contributed by atoms with Crippen molar-refractivity contribution in [3.8, 4) is 0 Å². The first-order valence-electron chi connectivity index (χ1n) is 6.63. The van der Waals surface area contributed by atoms with Crippen LogP contribution in [0, 0.1) is 0 Å². The molecule has 2 aromatic rings. The van der Waals surface area contributed by atoms with Crippen molar-refractivity contribution in [2.24, 2.45) is 0 Å². The number of nitrogens with zero attached hydrogens (tertiary/aromatic N) is 2. The average Bonchev–Trinajstić information content (AvgIpc) is 2.47. The van der Waals surface area contributed by atoms with Crippen molar-refractivity contribution in [1.82, 2.24) is 4.98 Å². The first-order valence-corrected chi connectivity index (χ1v) is 6.63. The summed E-state index contributed by atoms with van der Waals surface area (Å²) in [5, 5.41) is 3.37. The Hall–Kier alpha value is -2.07. The van der Waals surface area contributed by atoms with Crippen LogP contribution in [-0.2, 0) is 17.9 Å². The number of pyridine rings is 1. The molecule has 1 aromatic carbocycles. The Labute approximate surface area is 120 Å². The highest BCUT2D eigenvalue weighted by atomic mass is 16.5. The normalized spacial score (nSPS) is 10.3. The molecule has 0 saturated carbocycles. The van der Waals surface area contributed by atoms with Gasteiger partial charge in [-0.3, -0.25) is 0 Å². The fourth-order valence-electron chi connectivity index (χ4n) is 1.88. The number of nitrogens with one attached hydrogen (secondary N) is 1. The minimum Gasteiger partial charge on any atom is -0.380 e. The molecular formula is C16H21N3O. The summed E-state index contributed by atoms with van der Waals surface area (Å²) in [6.07, 6.45) is 1.86. The van der Waals surface area contributed by atoms with Crippen molar-refractivity contribution in [3.05, 3.63) is 53.7 Å². The van der Waals surface area contributed by atoms with Crippen LogP contribution in [0.25, 0.3) is 0 Å². The Bertz CT molecular complexity index is 520. The molecule has 1 aromatic heterocycles. The fourth-order valence-corrected chi connectivity index (χ4v) is 1.88. The summed E-state index contributed by atoms with van der Waals surface area (Å²) in [5.41, 5.74) is 3.45. The van der Waals surface area contributed by atoms with Gasteiger partial charge in [0.1, 0.15) is 5.82 Å². The minimum atomic E-state index is 0.656. The number of ether oxygens (including phenoxy) is 1. The van der Waals surface area contributed by atoms with E-state index in [9.17, 15) is 0 Å². The molecule has 0 spiro atoms. The zero-order chi connectivity index (χ0) is 14.4. The molecule has 0 saturated heterocycles. The smallest absolute Gasteiger partial charge is 0.128 e. The highest BCUT2D eigenvalue weighted by Gasteiger charge is 1.98. The third kappa shape index (κ3) is 3.96. The Morgan fingerprint density at radius 2 is 1.75 bits per heavy atom. The predicted molar refractivity (Wildman–Crippen MR) is 83.0 cm³/mol. The van der Waals surface area contributed by atoms with E-state index in [2.05, 4.69) is 34.6 Å². The molecule has 0 bridgehead atoms. The molecule has 0 radical (unpaired) electrons. The van der Waals surface area contributed by atoms with E-state index < -0.39 is 0 Å². The van der Waals surface area contributed by atoms with Gasteiger partial charge >= 0.3 is 0 Å². The van der Waals surface area contributed by atoms with E-state index in [0.29, 0.717) is 6.61 Å². The lowest BCUT2D eigenvalue weighted by atomic mass is 10.1. The quantitative estimate of drug-likeness (QED) is 0.876. The molecule has 1 heterocycles. The first-order chi connectivity index (χ1) is 9.69. The number of benzene rings is 1. The van der Waals surface area contributed by atoms with Gasteiger partial charge in [0, 0.05) is 27.7 Å². The molecule has 0 aliphatic heterocycles. The molecule has 106 valence electrons. The van der Waals surface area contributed by atoms with E-state index in [1.165, 1.54) is 11.1 Å². The van der Waals surface area contributed by atoms with E-state index in [1.54, 1.807) is 7.11 Å². The number of hydrogen-bond acceptors (Lipinski definition) is 4. The van der Waals surface area contributed by atoms with E-state index in [1.807, 2.05) is 37.3 Å². The van der Waals surface area contributed by atoms with Gasteiger partial charge in [-0.2, -0.15) is 0 Å². The van der Waals surface area contributed by atoms with Crippen LogP contribution in [0.2, 0.25) is 0 Å². The second kappa shape index (κ2) is 6.91. The van der Waals surface area contributed by atoms with Gasteiger partial charge in [0.25, 0.3) is 0 Å². The lowest BCUT2D eigenvalue weighted by molar-refractivity contribution is 0.185. The van der Waals surface area contributed by atoms with Gasteiger partial charge in [-0.15, -0.1) is 0 Å². The van der Waals surface area contributed by atoms with Crippen LogP contribution in [0.1, 0.15) is 11.1 Å². The summed E-state index contributed by atoms with van der Waals surface area (Å²) in [5.74, 6) is 0.958. The number of methoxy groups -OCH3 is 1. The van der Waals surface area contributed by atoms with E-state index in [0.717, 1.165) is 18.1 Å². The zero-order valence-corrected chi connectivity index (χ0v) is 12.3. The van der Waals surface area contributed by atoms with Crippen LogP contribution in [0.4, 0.5) is 11.5 Å². The third-order valence-corrected chi connectivity index (χ3v) is 3.04. The summed E-state index contributed by atoms with van der Waals surface area (Å²) in [4.78, 5) is 6.36. The molecule has 0 unspecified atom stereocenters. The highest BCUT2D eigenvalue weighted by molar-refractivity contribution is 5.48. The van der Waals surface area contributed by atoms with Gasteiger partial charge in [0.2, 0.25) is 0 Å². The van der Waals surface area contributed by atoms with E-state index >= 15 is 0 Å². The number of rotatable bonds is 6. The molecule has 0 atom stereocenters. The molecule has 2 rings (SSSR count). The molecule has 0 fully saturated rings. The average molecular weight is 271 g/mol. The van der Waals surface area contributed by atoms with Crippen LogP contribution < -0.4 is 10.2 Å². The van der Waals surface area contributed by atoms with Crippen molar-refractivity contribution in [3.63, 3.8) is 0 Å².